The molecule has 0 amide bonds. The SMILES string of the molecule is COc1ccc2c(c1)S(=O)(=O)C(CC(C)=O)=C2. The number of carbonyl (C=O) groups excluding carboxylic acids is 1. The molecule has 0 spiro atoms. The molecule has 0 aliphatic carbocycles. The van der Waals surface area contributed by atoms with Gasteiger partial charge in [0, 0.05) is 6.42 Å². The molecule has 1 aliphatic heterocycles. The molecule has 5 heteroatoms. The van der Waals surface area contributed by atoms with Crippen molar-refractivity contribution < 1.29 is 17.9 Å². The normalized spacial score (nSPS) is 16.2. The summed E-state index contributed by atoms with van der Waals surface area (Å²) in [5, 5.41) is 0. The second-order valence-electron chi connectivity index (χ2n) is 3.90. The lowest BCUT2D eigenvalue weighted by atomic mass is 10.2. The zero-order valence-corrected chi connectivity index (χ0v) is 10.4. The highest BCUT2D eigenvalue weighted by Gasteiger charge is 2.30. The first-order valence-corrected chi connectivity index (χ1v) is 6.56. The lowest BCUT2D eigenvalue weighted by molar-refractivity contribution is -0.116. The van der Waals surface area contributed by atoms with E-state index in [1.165, 1.54) is 20.1 Å². The molecule has 0 saturated carbocycles. The Balaban J connectivity index is 2.52. The van der Waals surface area contributed by atoms with Crippen LogP contribution in [0.25, 0.3) is 6.08 Å². The van der Waals surface area contributed by atoms with Crippen LogP contribution in [0.3, 0.4) is 0 Å². The Labute approximate surface area is 99.8 Å². The van der Waals surface area contributed by atoms with Crippen molar-refractivity contribution in [3.63, 3.8) is 0 Å². The highest BCUT2D eigenvalue weighted by molar-refractivity contribution is 7.95. The third-order valence-electron chi connectivity index (χ3n) is 2.60. The minimum absolute atomic E-state index is 0.0562. The first kappa shape index (κ1) is 11.9. The first-order chi connectivity index (χ1) is 7.95. The van der Waals surface area contributed by atoms with Crippen molar-refractivity contribution in [2.45, 2.75) is 18.2 Å². The fraction of sp³-hybridized carbons (Fsp3) is 0.250. The van der Waals surface area contributed by atoms with E-state index in [0.29, 0.717) is 11.3 Å². The number of rotatable bonds is 3. The van der Waals surface area contributed by atoms with E-state index in [2.05, 4.69) is 0 Å². The molecule has 17 heavy (non-hydrogen) atoms. The van der Waals surface area contributed by atoms with Crippen molar-refractivity contribution in [2.75, 3.05) is 7.11 Å². The number of carbonyl (C=O) groups is 1. The Morgan fingerprint density at radius 1 is 1.35 bits per heavy atom. The van der Waals surface area contributed by atoms with Gasteiger partial charge in [0.2, 0.25) is 9.84 Å². The van der Waals surface area contributed by atoms with Crippen molar-refractivity contribution >= 4 is 21.7 Å². The smallest absolute Gasteiger partial charge is 0.203 e. The number of sulfone groups is 1. The fourth-order valence-electron chi connectivity index (χ4n) is 1.78. The standard InChI is InChI=1S/C12H12O4S/c1-8(13)5-11-6-9-3-4-10(16-2)7-12(9)17(11,14)15/h3-4,6-7H,5H2,1-2H3. The van der Waals surface area contributed by atoms with Gasteiger partial charge in [-0.2, -0.15) is 0 Å². The van der Waals surface area contributed by atoms with E-state index >= 15 is 0 Å². The molecule has 1 aliphatic rings. The topological polar surface area (TPSA) is 60.4 Å². The van der Waals surface area contributed by atoms with Crippen LogP contribution in [-0.2, 0) is 14.6 Å². The molecular formula is C12H12O4S. The molecule has 0 N–H and O–H groups in total. The number of fused-ring (bicyclic) bond motifs is 1. The maximum atomic E-state index is 12.1. The Bertz CT molecular complexity index is 611. The van der Waals surface area contributed by atoms with Crippen LogP contribution in [0.5, 0.6) is 5.75 Å². The molecular weight excluding hydrogens is 240 g/mol. The van der Waals surface area contributed by atoms with E-state index in [1.54, 1.807) is 18.2 Å². The lowest BCUT2D eigenvalue weighted by Gasteiger charge is -2.04. The van der Waals surface area contributed by atoms with E-state index in [0.717, 1.165) is 0 Å². The molecule has 0 radical (unpaired) electrons. The lowest BCUT2D eigenvalue weighted by Crippen LogP contribution is -2.04. The maximum absolute atomic E-state index is 12.1. The van der Waals surface area contributed by atoms with Crippen LogP contribution in [-0.4, -0.2) is 21.3 Å². The molecule has 1 heterocycles. The zero-order valence-electron chi connectivity index (χ0n) is 9.56. The molecule has 1 aromatic carbocycles. The predicted molar refractivity (Wildman–Crippen MR) is 63.5 cm³/mol. The molecule has 1 aromatic rings. The number of Topliss-reactive ketones (excluding diaryl/α,β-unsaturated/α-hetero) is 1. The van der Waals surface area contributed by atoms with Crippen molar-refractivity contribution in [3.05, 3.63) is 28.7 Å². The van der Waals surface area contributed by atoms with Crippen LogP contribution < -0.4 is 4.74 Å². The number of hydrogen-bond donors (Lipinski definition) is 0. The van der Waals surface area contributed by atoms with Crippen LogP contribution in [0.2, 0.25) is 0 Å². The molecule has 90 valence electrons. The summed E-state index contributed by atoms with van der Waals surface area (Å²) in [7, 11) is -2.03. The monoisotopic (exact) mass is 252 g/mol. The summed E-state index contributed by atoms with van der Waals surface area (Å²) >= 11 is 0. The van der Waals surface area contributed by atoms with Gasteiger partial charge in [0.25, 0.3) is 0 Å². The van der Waals surface area contributed by atoms with Crippen LogP contribution in [0.15, 0.2) is 28.0 Å². The number of benzene rings is 1. The van der Waals surface area contributed by atoms with E-state index in [9.17, 15) is 13.2 Å². The Kier molecular flexibility index (Phi) is 2.79. The summed E-state index contributed by atoms with van der Waals surface area (Å²) in [5.41, 5.74) is 0.613. The molecule has 2 rings (SSSR count). The van der Waals surface area contributed by atoms with E-state index in [4.69, 9.17) is 4.74 Å². The quantitative estimate of drug-likeness (QED) is 0.823. The van der Waals surface area contributed by atoms with Crippen molar-refractivity contribution in [1.29, 1.82) is 0 Å². The minimum atomic E-state index is -3.51. The summed E-state index contributed by atoms with van der Waals surface area (Å²) < 4.78 is 29.2. The van der Waals surface area contributed by atoms with Gasteiger partial charge in [0.15, 0.2) is 0 Å². The largest absolute Gasteiger partial charge is 0.497 e. The second-order valence-corrected chi connectivity index (χ2v) is 5.87. The maximum Gasteiger partial charge on any atom is 0.203 e. The van der Waals surface area contributed by atoms with Crippen molar-refractivity contribution in [1.82, 2.24) is 0 Å². The van der Waals surface area contributed by atoms with Crippen LogP contribution in [0, 0.1) is 0 Å². The number of ketones is 1. The first-order valence-electron chi connectivity index (χ1n) is 5.08. The zero-order chi connectivity index (χ0) is 12.6. The van der Waals surface area contributed by atoms with Gasteiger partial charge in [0.05, 0.1) is 16.9 Å². The van der Waals surface area contributed by atoms with Gasteiger partial charge in [-0.15, -0.1) is 0 Å². The third kappa shape index (κ3) is 1.98. The number of allylic oxidation sites excluding steroid dienone is 1. The molecule has 0 saturated heterocycles. The average molecular weight is 252 g/mol. The third-order valence-corrected chi connectivity index (χ3v) is 4.48. The highest BCUT2D eigenvalue weighted by atomic mass is 32.2. The summed E-state index contributed by atoms with van der Waals surface area (Å²) in [6, 6.07) is 4.86. The summed E-state index contributed by atoms with van der Waals surface area (Å²) in [4.78, 5) is 11.4. The number of hydrogen-bond acceptors (Lipinski definition) is 4. The molecule has 0 aromatic heterocycles. The van der Waals surface area contributed by atoms with Gasteiger partial charge in [-0.25, -0.2) is 8.42 Å². The van der Waals surface area contributed by atoms with Gasteiger partial charge in [0.1, 0.15) is 11.5 Å². The summed E-state index contributed by atoms with van der Waals surface area (Å²) in [5.74, 6) is 0.324. The molecule has 0 bridgehead atoms. The van der Waals surface area contributed by atoms with E-state index in [-0.39, 0.29) is 22.0 Å². The molecule has 0 fully saturated rings. The van der Waals surface area contributed by atoms with Gasteiger partial charge < -0.3 is 4.74 Å². The second kappa shape index (κ2) is 4.00. The van der Waals surface area contributed by atoms with Gasteiger partial charge in [-0.05, 0) is 36.8 Å². The van der Waals surface area contributed by atoms with E-state index < -0.39 is 9.84 Å². The Morgan fingerprint density at radius 2 is 2.06 bits per heavy atom. The molecule has 4 nitrogen and oxygen atoms in total. The number of ether oxygens (including phenoxy) is 1. The highest BCUT2D eigenvalue weighted by Crippen LogP contribution is 2.36. The van der Waals surface area contributed by atoms with Crippen LogP contribution in [0.4, 0.5) is 0 Å². The van der Waals surface area contributed by atoms with Gasteiger partial charge >= 0.3 is 0 Å². The van der Waals surface area contributed by atoms with Crippen LogP contribution in [0.1, 0.15) is 18.9 Å². The Hall–Kier alpha value is -1.62. The summed E-state index contributed by atoms with van der Waals surface area (Å²) in [6.07, 6.45) is 1.49. The number of methoxy groups -OCH3 is 1. The fourth-order valence-corrected chi connectivity index (χ4v) is 3.44. The van der Waals surface area contributed by atoms with Crippen molar-refractivity contribution in [3.8, 4) is 5.75 Å². The summed E-state index contributed by atoms with van der Waals surface area (Å²) in [6.45, 7) is 1.37. The van der Waals surface area contributed by atoms with Crippen molar-refractivity contribution in [2.24, 2.45) is 0 Å². The minimum Gasteiger partial charge on any atom is -0.497 e. The van der Waals surface area contributed by atoms with Gasteiger partial charge in [-0.3, -0.25) is 4.79 Å². The van der Waals surface area contributed by atoms with E-state index in [1.807, 2.05) is 0 Å². The Morgan fingerprint density at radius 3 is 2.65 bits per heavy atom. The average Bonchev–Trinajstić information content (AvgIpc) is 2.50. The molecule has 0 unspecified atom stereocenters. The van der Waals surface area contributed by atoms with Gasteiger partial charge in [-0.1, -0.05) is 0 Å². The van der Waals surface area contributed by atoms with Crippen LogP contribution >= 0.6 is 0 Å². The predicted octanol–water partition coefficient (Wildman–Crippen LogP) is 1.80. The molecule has 0 atom stereocenters.